The minimum atomic E-state index is -0.677. The van der Waals surface area contributed by atoms with Crippen LogP contribution < -0.4 is 9.47 Å². The van der Waals surface area contributed by atoms with Gasteiger partial charge >= 0.3 is 5.97 Å². The molecule has 1 aromatic rings. The van der Waals surface area contributed by atoms with Gasteiger partial charge in [-0.15, -0.1) is 0 Å². The standard InChI is InChI=1S/C16H22O5/c1-5-11(17)10-6-7-12-13(8-10)20-15(19-12)9-14(18)21-16(2,3)4/h6-8,11,15,17H,5,9H2,1-4H3. The molecular formula is C16H22O5. The van der Waals surface area contributed by atoms with E-state index in [0.717, 1.165) is 5.56 Å². The van der Waals surface area contributed by atoms with E-state index in [1.807, 2.05) is 27.7 Å². The zero-order chi connectivity index (χ0) is 15.6. The Morgan fingerprint density at radius 2 is 2.00 bits per heavy atom. The largest absolute Gasteiger partial charge is 0.460 e. The minimum absolute atomic E-state index is 0.0254. The highest BCUT2D eigenvalue weighted by Gasteiger charge is 2.29. The maximum absolute atomic E-state index is 11.8. The summed E-state index contributed by atoms with van der Waals surface area (Å²) in [6.45, 7) is 7.35. The molecular weight excluding hydrogens is 272 g/mol. The van der Waals surface area contributed by atoms with Gasteiger partial charge in [0, 0.05) is 0 Å². The van der Waals surface area contributed by atoms with Crippen molar-refractivity contribution in [3.05, 3.63) is 23.8 Å². The summed E-state index contributed by atoms with van der Waals surface area (Å²) in [6.07, 6.45) is -0.550. The quantitative estimate of drug-likeness (QED) is 0.865. The summed E-state index contributed by atoms with van der Waals surface area (Å²) in [5.41, 5.74) is 0.249. The average Bonchev–Trinajstić information content (AvgIpc) is 2.76. The van der Waals surface area contributed by atoms with Gasteiger partial charge in [0.05, 0.1) is 6.10 Å². The molecule has 0 radical (unpaired) electrons. The fourth-order valence-corrected chi connectivity index (χ4v) is 2.07. The molecule has 1 N–H and O–H groups in total. The fourth-order valence-electron chi connectivity index (χ4n) is 2.07. The van der Waals surface area contributed by atoms with Gasteiger partial charge in [-0.05, 0) is 44.9 Å². The molecule has 0 bridgehead atoms. The van der Waals surface area contributed by atoms with E-state index in [9.17, 15) is 9.90 Å². The van der Waals surface area contributed by atoms with E-state index >= 15 is 0 Å². The molecule has 0 fully saturated rings. The molecule has 2 atom stereocenters. The van der Waals surface area contributed by atoms with Gasteiger partial charge in [0.1, 0.15) is 12.0 Å². The van der Waals surface area contributed by atoms with Gasteiger partial charge in [0.15, 0.2) is 11.5 Å². The van der Waals surface area contributed by atoms with Crippen LogP contribution in [0.4, 0.5) is 0 Å². The summed E-state index contributed by atoms with van der Waals surface area (Å²) < 4.78 is 16.4. The summed E-state index contributed by atoms with van der Waals surface area (Å²) in [5, 5.41) is 9.83. The monoisotopic (exact) mass is 294 g/mol. The van der Waals surface area contributed by atoms with Crippen molar-refractivity contribution < 1.29 is 24.1 Å². The van der Waals surface area contributed by atoms with Gasteiger partial charge in [-0.3, -0.25) is 4.79 Å². The van der Waals surface area contributed by atoms with E-state index < -0.39 is 18.0 Å². The van der Waals surface area contributed by atoms with Crippen LogP contribution in [0.5, 0.6) is 11.5 Å². The second-order valence-corrected chi connectivity index (χ2v) is 6.09. The highest BCUT2D eigenvalue weighted by Crippen LogP contribution is 2.38. The van der Waals surface area contributed by atoms with Crippen LogP contribution in [0, 0.1) is 0 Å². The Labute approximate surface area is 124 Å². The average molecular weight is 294 g/mol. The van der Waals surface area contributed by atoms with Gasteiger partial charge in [-0.25, -0.2) is 0 Å². The van der Waals surface area contributed by atoms with Crippen molar-refractivity contribution in [2.24, 2.45) is 0 Å². The van der Waals surface area contributed by atoms with Gasteiger partial charge in [-0.2, -0.15) is 0 Å². The molecule has 1 aromatic carbocycles. The number of carbonyl (C=O) groups is 1. The molecule has 1 heterocycles. The lowest BCUT2D eigenvalue weighted by Crippen LogP contribution is -2.29. The highest BCUT2D eigenvalue weighted by atomic mass is 16.7. The van der Waals surface area contributed by atoms with Gasteiger partial charge in [0.25, 0.3) is 6.29 Å². The van der Waals surface area contributed by atoms with Crippen molar-refractivity contribution in [3.8, 4) is 11.5 Å². The van der Waals surface area contributed by atoms with E-state index in [4.69, 9.17) is 14.2 Å². The van der Waals surface area contributed by atoms with Crippen LogP contribution in [0.3, 0.4) is 0 Å². The molecule has 0 amide bonds. The van der Waals surface area contributed by atoms with Crippen LogP contribution in [0.1, 0.15) is 52.2 Å². The van der Waals surface area contributed by atoms with Crippen molar-refractivity contribution in [1.82, 2.24) is 0 Å². The summed E-state index contributed by atoms with van der Waals surface area (Å²) in [4.78, 5) is 11.8. The molecule has 0 saturated heterocycles. The molecule has 2 unspecified atom stereocenters. The van der Waals surface area contributed by atoms with Crippen LogP contribution in [0.2, 0.25) is 0 Å². The van der Waals surface area contributed by atoms with Crippen molar-refractivity contribution in [2.45, 2.75) is 58.5 Å². The van der Waals surface area contributed by atoms with Crippen molar-refractivity contribution in [1.29, 1.82) is 0 Å². The van der Waals surface area contributed by atoms with Crippen molar-refractivity contribution in [3.63, 3.8) is 0 Å². The number of esters is 1. The molecule has 5 nitrogen and oxygen atoms in total. The number of fused-ring (bicyclic) bond motifs is 1. The Kier molecular flexibility index (Phi) is 4.42. The number of hydrogen-bond donors (Lipinski definition) is 1. The first-order chi connectivity index (χ1) is 9.78. The molecule has 0 saturated carbocycles. The molecule has 2 rings (SSSR count). The second kappa shape index (κ2) is 5.93. The van der Waals surface area contributed by atoms with E-state index in [1.54, 1.807) is 18.2 Å². The number of ether oxygens (including phenoxy) is 3. The van der Waals surface area contributed by atoms with Crippen LogP contribution >= 0.6 is 0 Å². The van der Waals surface area contributed by atoms with Crippen LogP contribution in [-0.4, -0.2) is 23.0 Å². The Balaban J connectivity index is 1.98. The SMILES string of the molecule is CCC(O)c1ccc2c(c1)OC(CC(=O)OC(C)(C)C)O2. The first kappa shape index (κ1) is 15.6. The van der Waals surface area contributed by atoms with Crippen LogP contribution in [0.15, 0.2) is 18.2 Å². The molecule has 1 aliphatic rings. The lowest BCUT2D eigenvalue weighted by molar-refractivity contribution is -0.159. The number of aliphatic hydroxyl groups is 1. The third-order valence-electron chi connectivity index (χ3n) is 3.01. The third-order valence-corrected chi connectivity index (χ3v) is 3.01. The first-order valence-electron chi connectivity index (χ1n) is 7.15. The fraction of sp³-hybridized carbons (Fsp3) is 0.562. The number of rotatable bonds is 4. The molecule has 1 aliphatic heterocycles. The lowest BCUT2D eigenvalue weighted by atomic mass is 10.1. The molecule has 21 heavy (non-hydrogen) atoms. The van der Waals surface area contributed by atoms with Crippen molar-refractivity contribution >= 4 is 5.97 Å². The molecule has 0 aliphatic carbocycles. The van der Waals surface area contributed by atoms with E-state index in [-0.39, 0.29) is 12.4 Å². The lowest BCUT2D eigenvalue weighted by Gasteiger charge is -2.20. The summed E-state index contributed by atoms with van der Waals surface area (Å²) in [6, 6.07) is 5.30. The minimum Gasteiger partial charge on any atom is -0.460 e. The zero-order valence-electron chi connectivity index (χ0n) is 12.9. The topological polar surface area (TPSA) is 65.0 Å². The van der Waals surface area contributed by atoms with Gasteiger partial charge in [-0.1, -0.05) is 13.0 Å². The number of aliphatic hydroxyl groups excluding tert-OH is 1. The van der Waals surface area contributed by atoms with Gasteiger partial charge in [0.2, 0.25) is 0 Å². The molecule has 5 heteroatoms. The maximum atomic E-state index is 11.8. The molecule has 116 valence electrons. The Morgan fingerprint density at radius 3 is 2.62 bits per heavy atom. The van der Waals surface area contributed by atoms with E-state index in [2.05, 4.69) is 0 Å². The summed E-state index contributed by atoms with van der Waals surface area (Å²) in [7, 11) is 0. The number of hydrogen-bond acceptors (Lipinski definition) is 5. The van der Waals surface area contributed by atoms with E-state index in [0.29, 0.717) is 17.9 Å². The smallest absolute Gasteiger partial charge is 0.313 e. The summed E-state index contributed by atoms with van der Waals surface area (Å²) in [5.74, 6) is 0.762. The van der Waals surface area contributed by atoms with E-state index in [1.165, 1.54) is 0 Å². The van der Waals surface area contributed by atoms with Crippen molar-refractivity contribution in [2.75, 3.05) is 0 Å². The molecule has 0 spiro atoms. The zero-order valence-corrected chi connectivity index (χ0v) is 12.9. The maximum Gasteiger partial charge on any atom is 0.313 e. The second-order valence-electron chi connectivity index (χ2n) is 6.09. The Bertz CT molecular complexity index is 518. The first-order valence-corrected chi connectivity index (χ1v) is 7.15. The number of carbonyl (C=O) groups excluding carboxylic acids is 1. The highest BCUT2D eigenvalue weighted by molar-refractivity contribution is 5.70. The normalized spacial score (nSPS) is 18.4. The Hall–Kier alpha value is -1.75. The van der Waals surface area contributed by atoms with Crippen LogP contribution in [-0.2, 0) is 9.53 Å². The summed E-state index contributed by atoms with van der Waals surface area (Å²) >= 11 is 0. The Morgan fingerprint density at radius 1 is 1.33 bits per heavy atom. The van der Waals surface area contributed by atoms with Crippen LogP contribution in [0.25, 0.3) is 0 Å². The predicted molar refractivity (Wildman–Crippen MR) is 77.2 cm³/mol. The molecule has 0 aromatic heterocycles. The number of benzene rings is 1. The third kappa shape index (κ3) is 4.11. The predicted octanol–water partition coefficient (Wildman–Crippen LogP) is 2.96. The van der Waals surface area contributed by atoms with Gasteiger partial charge < -0.3 is 19.3 Å².